The number of aliphatic hydroxyl groups excluding tert-OH is 2. The molecule has 0 spiro atoms. The van der Waals surface area contributed by atoms with E-state index in [9.17, 15) is 10.2 Å². The molecule has 2 N–H and O–H groups in total. The van der Waals surface area contributed by atoms with Crippen LogP contribution in [-0.2, 0) is 6.61 Å². The van der Waals surface area contributed by atoms with Crippen LogP contribution < -0.4 is 4.90 Å². The highest BCUT2D eigenvalue weighted by Crippen LogP contribution is 2.31. The van der Waals surface area contributed by atoms with Crippen LogP contribution in [0.5, 0.6) is 0 Å². The molecule has 88 valence electrons. The Morgan fingerprint density at radius 3 is 2.94 bits per heavy atom. The molecular weight excluding hydrogens is 226 g/mol. The fourth-order valence-electron chi connectivity index (χ4n) is 2.20. The summed E-state index contributed by atoms with van der Waals surface area (Å²) in [5, 5.41) is 19.6. The van der Waals surface area contributed by atoms with Crippen LogP contribution >= 0.6 is 11.6 Å². The number of hydrogen-bond acceptors (Lipinski definition) is 3. The molecule has 0 saturated carbocycles. The van der Waals surface area contributed by atoms with Gasteiger partial charge in [0.2, 0.25) is 0 Å². The van der Waals surface area contributed by atoms with Crippen LogP contribution in [0.1, 0.15) is 18.4 Å². The van der Waals surface area contributed by atoms with Gasteiger partial charge in [0.25, 0.3) is 0 Å². The van der Waals surface area contributed by atoms with E-state index in [0.717, 1.165) is 30.6 Å². The van der Waals surface area contributed by atoms with E-state index in [2.05, 4.69) is 4.90 Å². The Morgan fingerprint density at radius 2 is 2.25 bits per heavy atom. The second kappa shape index (κ2) is 5.04. The van der Waals surface area contributed by atoms with Crippen molar-refractivity contribution in [3.05, 3.63) is 28.8 Å². The predicted octanol–water partition coefficient (Wildman–Crippen LogP) is 1.79. The van der Waals surface area contributed by atoms with Gasteiger partial charge in [-0.05, 0) is 18.9 Å². The Balaban J connectivity index is 2.30. The summed E-state index contributed by atoms with van der Waals surface area (Å²) in [5.74, 6) is 0. The van der Waals surface area contributed by atoms with Crippen molar-refractivity contribution in [3.63, 3.8) is 0 Å². The van der Waals surface area contributed by atoms with Crippen molar-refractivity contribution in [2.45, 2.75) is 25.6 Å². The molecule has 1 fully saturated rings. The van der Waals surface area contributed by atoms with E-state index in [0.29, 0.717) is 11.6 Å². The first kappa shape index (κ1) is 11.7. The number of hydrogen-bond donors (Lipinski definition) is 2. The second-order valence-electron chi connectivity index (χ2n) is 4.15. The van der Waals surface area contributed by atoms with Crippen molar-refractivity contribution >= 4 is 17.3 Å². The predicted molar refractivity (Wildman–Crippen MR) is 64.8 cm³/mol. The number of nitrogens with zero attached hydrogens (tertiary/aromatic N) is 1. The molecule has 1 aromatic carbocycles. The minimum Gasteiger partial charge on any atom is -0.392 e. The lowest BCUT2D eigenvalue weighted by Crippen LogP contribution is -2.38. The molecule has 1 heterocycles. The molecule has 16 heavy (non-hydrogen) atoms. The summed E-state index contributed by atoms with van der Waals surface area (Å²) in [7, 11) is 0. The molecule has 0 aliphatic carbocycles. The Bertz CT molecular complexity index is 370. The standard InChI is InChI=1S/C12H16ClNO2/c13-11-5-1-3-9(8-15)12(11)14-6-2-4-10(16)7-14/h1,3,5,10,15-16H,2,4,6-8H2. The number of piperidine rings is 1. The lowest BCUT2D eigenvalue weighted by Gasteiger charge is -2.33. The zero-order valence-corrected chi connectivity index (χ0v) is 9.82. The molecule has 0 aromatic heterocycles. The summed E-state index contributed by atoms with van der Waals surface area (Å²) < 4.78 is 0. The van der Waals surface area contributed by atoms with Gasteiger partial charge in [-0.3, -0.25) is 0 Å². The fraction of sp³-hybridized carbons (Fsp3) is 0.500. The van der Waals surface area contributed by atoms with Crippen LogP contribution in [0.4, 0.5) is 5.69 Å². The highest BCUT2D eigenvalue weighted by Gasteiger charge is 2.21. The van der Waals surface area contributed by atoms with Gasteiger partial charge in [-0.2, -0.15) is 0 Å². The SMILES string of the molecule is OCc1cccc(Cl)c1N1CCCC(O)C1. The lowest BCUT2D eigenvalue weighted by molar-refractivity contribution is 0.154. The maximum Gasteiger partial charge on any atom is 0.0715 e. The van der Waals surface area contributed by atoms with Gasteiger partial charge < -0.3 is 15.1 Å². The monoisotopic (exact) mass is 241 g/mol. The summed E-state index contributed by atoms with van der Waals surface area (Å²) in [6.45, 7) is 1.45. The van der Waals surface area contributed by atoms with Crippen LogP contribution in [-0.4, -0.2) is 29.4 Å². The van der Waals surface area contributed by atoms with Crippen LogP contribution in [0.25, 0.3) is 0 Å². The van der Waals surface area contributed by atoms with E-state index in [1.165, 1.54) is 0 Å². The Morgan fingerprint density at radius 1 is 1.44 bits per heavy atom. The lowest BCUT2D eigenvalue weighted by atomic mass is 10.1. The van der Waals surface area contributed by atoms with Crippen LogP contribution in [0, 0.1) is 0 Å². The summed E-state index contributed by atoms with van der Waals surface area (Å²) in [4.78, 5) is 2.06. The topological polar surface area (TPSA) is 43.7 Å². The highest BCUT2D eigenvalue weighted by atomic mass is 35.5. The number of aliphatic hydroxyl groups is 2. The van der Waals surface area contributed by atoms with E-state index in [-0.39, 0.29) is 12.7 Å². The van der Waals surface area contributed by atoms with Crippen LogP contribution in [0.3, 0.4) is 0 Å². The Hall–Kier alpha value is -0.770. The zero-order valence-electron chi connectivity index (χ0n) is 9.06. The minimum atomic E-state index is -0.295. The third-order valence-electron chi connectivity index (χ3n) is 2.95. The van der Waals surface area contributed by atoms with Gasteiger partial charge in [-0.25, -0.2) is 0 Å². The van der Waals surface area contributed by atoms with Crippen LogP contribution in [0.2, 0.25) is 5.02 Å². The van der Waals surface area contributed by atoms with Crippen molar-refractivity contribution in [2.24, 2.45) is 0 Å². The van der Waals surface area contributed by atoms with Gasteiger partial charge >= 0.3 is 0 Å². The minimum absolute atomic E-state index is 0.0253. The van der Waals surface area contributed by atoms with Crippen molar-refractivity contribution in [1.29, 1.82) is 0 Å². The number of halogens is 1. The van der Waals surface area contributed by atoms with Crippen molar-refractivity contribution in [1.82, 2.24) is 0 Å². The van der Waals surface area contributed by atoms with E-state index in [1.807, 2.05) is 18.2 Å². The number of benzene rings is 1. The van der Waals surface area contributed by atoms with Crippen molar-refractivity contribution < 1.29 is 10.2 Å². The van der Waals surface area contributed by atoms with Gasteiger partial charge in [0.05, 0.1) is 23.4 Å². The average molecular weight is 242 g/mol. The summed E-state index contributed by atoms with van der Waals surface area (Å²) in [6.07, 6.45) is 1.50. The van der Waals surface area contributed by atoms with Crippen molar-refractivity contribution in [3.8, 4) is 0 Å². The average Bonchev–Trinajstić information content (AvgIpc) is 2.28. The molecule has 1 aliphatic heterocycles. The smallest absolute Gasteiger partial charge is 0.0715 e. The summed E-state index contributed by atoms with van der Waals surface area (Å²) in [5.41, 5.74) is 1.69. The maximum atomic E-state index is 9.65. The molecule has 1 unspecified atom stereocenters. The van der Waals surface area contributed by atoms with Crippen LogP contribution in [0.15, 0.2) is 18.2 Å². The first-order chi connectivity index (χ1) is 7.72. The third-order valence-corrected chi connectivity index (χ3v) is 3.26. The molecule has 1 atom stereocenters. The molecule has 1 aliphatic rings. The number of para-hydroxylation sites is 1. The van der Waals surface area contributed by atoms with Gasteiger partial charge in [0, 0.05) is 18.7 Å². The van der Waals surface area contributed by atoms with Gasteiger partial charge in [0.15, 0.2) is 0 Å². The van der Waals surface area contributed by atoms with Gasteiger partial charge in [0.1, 0.15) is 0 Å². The molecule has 3 nitrogen and oxygen atoms in total. The zero-order chi connectivity index (χ0) is 11.5. The van der Waals surface area contributed by atoms with E-state index < -0.39 is 0 Å². The largest absolute Gasteiger partial charge is 0.392 e. The van der Waals surface area contributed by atoms with Crippen molar-refractivity contribution in [2.75, 3.05) is 18.0 Å². The second-order valence-corrected chi connectivity index (χ2v) is 4.55. The summed E-state index contributed by atoms with van der Waals surface area (Å²) >= 11 is 6.15. The molecule has 4 heteroatoms. The van der Waals surface area contributed by atoms with E-state index in [1.54, 1.807) is 0 Å². The normalized spacial score (nSPS) is 21.2. The maximum absolute atomic E-state index is 9.65. The molecule has 2 rings (SSSR count). The Kier molecular flexibility index (Phi) is 3.69. The quantitative estimate of drug-likeness (QED) is 0.830. The summed E-state index contributed by atoms with van der Waals surface area (Å²) in [6, 6.07) is 5.51. The van der Waals surface area contributed by atoms with Gasteiger partial charge in [-0.15, -0.1) is 0 Å². The Labute approximate surface area is 100 Å². The molecule has 0 bridgehead atoms. The third kappa shape index (κ3) is 2.32. The van der Waals surface area contributed by atoms with E-state index in [4.69, 9.17) is 11.6 Å². The number of β-amino-alcohol motifs (C(OH)–C–C–N with tert-alkyl or cyclic N) is 1. The van der Waals surface area contributed by atoms with E-state index >= 15 is 0 Å². The molecule has 1 saturated heterocycles. The van der Waals surface area contributed by atoms with Gasteiger partial charge in [-0.1, -0.05) is 23.7 Å². The highest BCUT2D eigenvalue weighted by molar-refractivity contribution is 6.33. The number of anilines is 1. The molecule has 1 aromatic rings. The molecule has 0 amide bonds. The fourth-order valence-corrected chi connectivity index (χ4v) is 2.51. The molecular formula is C12H16ClNO2. The number of rotatable bonds is 2. The first-order valence-electron chi connectivity index (χ1n) is 5.53. The first-order valence-corrected chi connectivity index (χ1v) is 5.91. The molecule has 0 radical (unpaired) electrons.